The lowest BCUT2D eigenvalue weighted by molar-refractivity contribution is 0.102. The second-order valence-electron chi connectivity index (χ2n) is 5.77. The topological polar surface area (TPSA) is 96.3 Å². The lowest BCUT2D eigenvalue weighted by Crippen LogP contribution is -2.12. The second kappa shape index (κ2) is 7.06. The third kappa shape index (κ3) is 3.50. The number of fused-ring (bicyclic) bond motifs is 1. The highest BCUT2D eigenvalue weighted by Crippen LogP contribution is 2.34. The monoisotopic (exact) mass is 358 g/mol. The number of hydrogen-bond acceptors (Lipinski definition) is 6. The van der Waals surface area contributed by atoms with E-state index in [9.17, 15) is 10.1 Å². The maximum Gasteiger partial charge on any atom is 0.257 e. The van der Waals surface area contributed by atoms with Crippen molar-refractivity contribution >= 4 is 23.0 Å². The fourth-order valence-electron chi connectivity index (χ4n) is 2.66. The number of amides is 1. The Labute approximate surface area is 155 Å². The van der Waals surface area contributed by atoms with E-state index < -0.39 is 0 Å². The van der Waals surface area contributed by atoms with Crippen molar-refractivity contribution in [1.29, 1.82) is 5.26 Å². The summed E-state index contributed by atoms with van der Waals surface area (Å²) in [6.45, 7) is 0.175. The smallest absolute Gasteiger partial charge is 0.257 e. The molecule has 0 atom stereocenters. The average molecular weight is 358 g/mol. The number of aromatic nitrogens is 1. The van der Waals surface area contributed by atoms with Gasteiger partial charge in [0, 0.05) is 18.0 Å². The molecule has 1 aliphatic rings. The van der Waals surface area contributed by atoms with E-state index in [0.29, 0.717) is 39.7 Å². The van der Waals surface area contributed by atoms with Crippen molar-refractivity contribution in [1.82, 2.24) is 4.98 Å². The van der Waals surface area contributed by atoms with Gasteiger partial charge in [-0.2, -0.15) is 5.26 Å². The van der Waals surface area contributed by atoms with Gasteiger partial charge in [-0.25, -0.2) is 0 Å². The van der Waals surface area contributed by atoms with Crippen LogP contribution in [0.5, 0.6) is 11.5 Å². The van der Waals surface area contributed by atoms with Crippen LogP contribution in [0.15, 0.2) is 60.9 Å². The summed E-state index contributed by atoms with van der Waals surface area (Å²) in [7, 11) is 0. The molecule has 0 aliphatic carbocycles. The predicted octanol–water partition coefficient (Wildman–Crippen LogP) is 3.68. The Hall–Kier alpha value is -4.05. The molecule has 0 saturated carbocycles. The van der Waals surface area contributed by atoms with Crippen molar-refractivity contribution in [2.45, 2.75) is 0 Å². The van der Waals surface area contributed by atoms with Crippen LogP contribution in [-0.4, -0.2) is 17.7 Å². The molecule has 27 heavy (non-hydrogen) atoms. The molecular weight excluding hydrogens is 344 g/mol. The van der Waals surface area contributed by atoms with Crippen LogP contribution in [-0.2, 0) is 0 Å². The maximum atomic E-state index is 12.5. The Morgan fingerprint density at radius 1 is 1.04 bits per heavy atom. The van der Waals surface area contributed by atoms with Gasteiger partial charge in [0.05, 0.1) is 28.7 Å². The molecule has 132 valence electrons. The second-order valence-corrected chi connectivity index (χ2v) is 5.77. The summed E-state index contributed by atoms with van der Waals surface area (Å²) in [6.07, 6.45) is 3.06. The average Bonchev–Trinajstić information content (AvgIpc) is 3.16. The van der Waals surface area contributed by atoms with Gasteiger partial charge in [-0.15, -0.1) is 0 Å². The van der Waals surface area contributed by atoms with Gasteiger partial charge in [0.15, 0.2) is 11.5 Å². The van der Waals surface area contributed by atoms with E-state index in [4.69, 9.17) is 9.47 Å². The van der Waals surface area contributed by atoms with Crippen molar-refractivity contribution < 1.29 is 14.3 Å². The Kier molecular flexibility index (Phi) is 4.29. The number of nitrogens with one attached hydrogen (secondary N) is 2. The number of carbonyl (C=O) groups excluding carboxylic acids is 1. The molecule has 7 heteroatoms. The zero-order chi connectivity index (χ0) is 18.6. The zero-order valence-corrected chi connectivity index (χ0v) is 14.1. The van der Waals surface area contributed by atoms with Crippen LogP contribution in [0.25, 0.3) is 0 Å². The highest BCUT2D eigenvalue weighted by Gasteiger charge is 2.15. The number of hydrogen-bond donors (Lipinski definition) is 2. The van der Waals surface area contributed by atoms with Crippen LogP contribution in [0, 0.1) is 11.3 Å². The number of benzene rings is 2. The number of ether oxygens (including phenoxy) is 2. The van der Waals surface area contributed by atoms with Crippen LogP contribution < -0.4 is 20.1 Å². The number of nitriles is 1. The lowest BCUT2D eigenvalue weighted by Gasteiger charge is -2.10. The molecule has 0 saturated heterocycles. The normalized spacial score (nSPS) is 11.5. The maximum absolute atomic E-state index is 12.5. The van der Waals surface area contributed by atoms with Crippen LogP contribution >= 0.6 is 0 Å². The first-order chi connectivity index (χ1) is 13.2. The number of rotatable bonds is 4. The van der Waals surface area contributed by atoms with Gasteiger partial charge in [-0.1, -0.05) is 12.1 Å². The van der Waals surface area contributed by atoms with Crippen molar-refractivity contribution in [2.24, 2.45) is 0 Å². The molecule has 0 fully saturated rings. The Morgan fingerprint density at radius 3 is 2.78 bits per heavy atom. The highest BCUT2D eigenvalue weighted by molar-refractivity contribution is 6.04. The van der Waals surface area contributed by atoms with E-state index in [-0.39, 0.29) is 12.7 Å². The third-order valence-electron chi connectivity index (χ3n) is 3.96. The molecular formula is C20H14N4O3. The van der Waals surface area contributed by atoms with Crippen LogP contribution in [0.1, 0.15) is 15.9 Å². The number of carbonyl (C=O) groups is 1. The number of pyridine rings is 1. The summed E-state index contributed by atoms with van der Waals surface area (Å²) in [4.78, 5) is 16.6. The summed E-state index contributed by atoms with van der Waals surface area (Å²) < 4.78 is 10.6. The first-order valence-electron chi connectivity index (χ1n) is 8.15. The zero-order valence-electron chi connectivity index (χ0n) is 14.1. The molecule has 4 rings (SSSR count). The lowest BCUT2D eigenvalue weighted by atomic mass is 10.2. The molecule has 2 heterocycles. The summed E-state index contributed by atoms with van der Waals surface area (Å²) in [6, 6.07) is 16.1. The first-order valence-corrected chi connectivity index (χ1v) is 8.15. The fraction of sp³-hybridized carbons (Fsp3) is 0.0500. The summed E-state index contributed by atoms with van der Waals surface area (Å²) in [5.41, 5.74) is 2.74. The van der Waals surface area contributed by atoms with Gasteiger partial charge in [0.25, 0.3) is 5.91 Å². The molecule has 2 aromatic carbocycles. The Balaban J connectivity index is 1.52. The standard InChI is InChI=1S/C20H14N4O3/c21-9-13-3-1-2-4-17(13)23-16-7-14(10-22-11-16)20(25)24-15-5-6-18-19(8-15)27-12-26-18/h1-8,10-11,23H,12H2,(H,24,25). The first kappa shape index (κ1) is 16.4. The molecule has 1 amide bonds. The number of anilines is 3. The molecule has 0 unspecified atom stereocenters. The minimum absolute atomic E-state index is 0.175. The van der Waals surface area contributed by atoms with E-state index in [0.717, 1.165) is 0 Å². The summed E-state index contributed by atoms with van der Waals surface area (Å²) in [5.74, 6) is 0.935. The van der Waals surface area contributed by atoms with E-state index in [1.807, 2.05) is 6.07 Å². The van der Waals surface area contributed by atoms with Crippen molar-refractivity contribution in [3.63, 3.8) is 0 Å². The molecule has 2 N–H and O–H groups in total. The van der Waals surface area contributed by atoms with E-state index in [1.54, 1.807) is 48.7 Å². The SMILES string of the molecule is N#Cc1ccccc1Nc1cncc(C(=O)Nc2ccc3c(c2)OCO3)c1. The highest BCUT2D eigenvalue weighted by atomic mass is 16.7. The molecule has 1 aliphatic heterocycles. The Morgan fingerprint density at radius 2 is 1.89 bits per heavy atom. The largest absolute Gasteiger partial charge is 0.454 e. The van der Waals surface area contributed by atoms with E-state index in [1.165, 1.54) is 6.20 Å². The fourth-order valence-corrected chi connectivity index (χ4v) is 2.66. The molecule has 7 nitrogen and oxygen atoms in total. The molecule has 3 aromatic rings. The predicted molar refractivity (Wildman–Crippen MR) is 99.2 cm³/mol. The summed E-state index contributed by atoms with van der Waals surface area (Å²) >= 11 is 0. The van der Waals surface area contributed by atoms with Crippen molar-refractivity contribution in [3.8, 4) is 17.6 Å². The van der Waals surface area contributed by atoms with Gasteiger partial charge in [0.1, 0.15) is 6.07 Å². The van der Waals surface area contributed by atoms with Gasteiger partial charge in [-0.3, -0.25) is 9.78 Å². The molecule has 0 radical (unpaired) electrons. The van der Waals surface area contributed by atoms with Gasteiger partial charge in [-0.05, 0) is 30.3 Å². The van der Waals surface area contributed by atoms with Gasteiger partial charge in [0.2, 0.25) is 6.79 Å². The third-order valence-corrected chi connectivity index (χ3v) is 3.96. The molecule has 1 aromatic heterocycles. The van der Waals surface area contributed by atoms with Crippen molar-refractivity contribution in [2.75, 3.05) is 17.4 Å². The minimum atomic E-state index is -0.307. The van der Waals surface area contributed by atoms with E-state index >= 15 is 0 Å². The van der Waals surface area contributed by atoms with Gasteiger partial charge < -0.3 is 20.1 Å². The van der Waals surface area contributed by atoms with Crippen LogP contribution in [0.4, 0.5) is 17.1 Å². The van der Waals surface area contributed by atoms with Gasteiger partial charge >= 0.3 is 0 Å². The van der Waals surface area contributed by atoms with Crippen LogP contribution in [0.3, 0.4) is 0 Å². The summed E-state index contributed by atoms with van der Waals surface area (Å²) in [5, 5.41) is 15.1. The van der Waals surface area contributed by atoms with Crippen molar-refractivity contribution in [3.05, 3.63) is 72.1 Å². The van der Waals surface area contributed by atoms with Crippen LogP contribution in [0.2, 0.25) is 0 Å². The number of nitrogens with zero attached hydrogens (tertiary/aromatic N) is 2. The molecule has 0 bridgehead atoms. The number of para-hydroxylation sites is 1. The molecule has 0 spiro atoms. The minimum Gasteiger partial charge on any atom is -0.454 e. The Bertz CT molecular complexity index is 1060. The quantitative estimate of drug-likeness (QED) is 0.738. The van der Waals surface area contributed by atoms with E-state index in [2.05, 4.69) is 21.7 Å².